The molecule has 0 saturated carbocycles. The Hall–Kier alpha value is -0.310. The molecule has 2 nitrogen and oxygen atoms in total. The van der Waals surface area contributed by atoms with E-state index in [9.17, 15) is 0 Å². The van der Waals surface area contributed by atoms with Crippen LogP contribution in [0.25, 0.3) is 0 Å². The second kappa shape index (κ2) is 8.73. The van der Waals surface area contributed by atoms with Crippen LogP contribution >= 0.6 is 23.2 Å². The molecule has 0 spiro atoms. The van der Waals surface area contributed by atoms with E-state index >= 15 is 0 Å². The number of rotatable bonds is 8. The summed E-state index contributed by atoms with van der Waals surface area (Å²) >= 11 is 11.7. The molecule has 0 aliphatic rings. The van der Waals surface area contributed by atoms with E-state index in [1.807, 2.05) is 6.07 Å². The fourth-order valence-corrected chi connectivity index (χ4v) is 2.12. The van der Waals surface area contributed by atoms with Gasteiger partial charge in [0.15, 0.2) is 0 Å². The molecule has 0 aromatic carbocycles. The maximum absolute atomic E-state index is 5.98. The standard InChI is InChI=1S/C14H21Cl2NO/c1-3-4-5-6-7-11(2)18-10-12-8-9-13(15)17-14(12)16/h8-9,11H,3-7,10H2,1-2H3. The molecule has 0 aliphatic carbocycles. The normalized spacial score (nSPS) is 12.7. The number of aromatic nitrogens is 1. The quantitative estimate of drug-likeness (QED) is 0.481. The average molecular weight is 290 g/mol. The van der Waals surface area contributed by atoms with Crippen molar-refractivity contribution in [2.75, 3.05) is 0 Å². The van der Waals surface area contributed by atoms with Gasteiger partial charge in [-0.1, -0.05) is 61.9 Å². The largest absolute Gasteiger partial charge is 0.374 e. The predicted octanol–water partition coefficient (Wildman–Crippen LogP) is 5.26. The van der Waals surface area contributed by atoms with Gasteiger partial charge in [-0.2, -0.15) is 0 Å². The molecule has 4 heteroatoms. The summed E-state index contributed by atoms with van der Waals surface area (Å²) in [6.45, 7) is 4.82. The lowest BCUT2D eigenvalue weighted by Crippen LogP contribution is -2.08. The Kier molecular flexibility index (Phi) is 7.64. The summed E-state index contributed by atoms with van der Waals surface area (Å²) < 4.78 is 5.76. The summed E-state index contributed by atoms with van der Waals surface area (Å²) in [7, 11) is 0. The van der Waals surface area contributed by atoms with Crippen molar-refractivity contribution in [2.45, 2.75) is 58.7 Å². The first-order valence-electron chi connectivity index (χ1n) is 6.56. The van der Waals surface area contributed by atoms with E-state index in [1.54, 1.807) is 6.07 Å². The van der Waals surface area contributed by atoms with Crippen LogP contribution in [-0.2, 0) is 11.3 Å². The van der Waals surface area contributed by atoms with Crippen molar-refractivity contribution < 1.29 is 4.74 Å². The number of pyridine rings is 1. The summed E-state index contributed by atoms with van der Waals surface area (Å²) in [4.78, 5) is 3.99. The fourth-order valence-electron chi connectivity index (χ4n) is 1.72. The molecule has 1 aromatic heterocycles. The third-order valence-corrected chi connectivity index (χ3v) is 3.42. The smallest absolute Gasteiger partial charge is 0.136 e. The van der Waals surface area contributed by atoms with Crippen LogP contribution in [0.4, 0.5) is 0 Å². The highest BCUT2D eigenvalue weighted by Crippen LogP contribution is 2.18. The van der Waals surface area contributed by atoms with Crippen LogP contribution in [-0.4, -0.2) is 11.1 Å². The van der Waals surface area contributed by atoms with Gasteiger partial charge in [0.05, 0.1) is 12.7 Å². The first kappa shape index (κ1) is 15.7. The first-order valence-corrected chi connectivity index (χ1v) is 7.31. The van der Waals surface area contributed by atoms with Crippen LogP contribution in [0.1, 0.15) is 51.5 Å². The molecule has 1 aromatic rings. The molecule has 1 rings (SSSR count). The highest BCUT2D eigenvalue weighted by atomic mass is 35.5. The number of unbranched alkanes of at least 4 members (excludes halogenated alkanes) is 3. The number of hydrogen-bond acceptors (Lipinski definition) is 2. The molecule has 0 saturated heterocycles. The Morgan fingerprint density at radius 1 is 1.22 bits per heavy atom. The lowest BCUT2D eigenvalue weighted by Gasteiger charge is -2.13. The summed E-state index contributed by atoms with van der Waals surface area (Å²) in [5.74, 6) is 0. The third-order valence-electron chi connectivity index (χ3n) is 2.88. The molecule has 1 unspecified atom stereocenters. The van der Waals surface area contributed by atoms with Crippen molar-refractivity contribution in [1.29, 1.82) is 0 Å². The van der Waals surface area contributed by atoms with Gasteiger partial charge in [0.2, 0.25) is 0 Å². The van der Waals surface area contributed by atoms with Gasteiger partial charge < -0.3 is 4.74 Å². The lowest BCUT2D eigenvalue weighted by atomic mass is 10.1. The maximum Gasteiger partial charge on any atom is 0.136 e. The number of hydrogen-bond donors (Lipinski definition) is 0. The van der Waals surface area contributed by atoms with E-state index in [0.717, 1.165) is 12.0 Å². The minimum absolute atomic E-state index is 0.258. The molecule has 0 radical (unpaired) electrons. The van der Waals surface area contributed by atoms with Crippen molar-refractivity contribution in [3.8, 4) is 0 Å². The number of halogens is 2. The Morgan fingerprint density at radius 3 is 2.67 bits per heavy atom. The molecular formula is C14H21Cl2NO. The second-order valence-electron chi connectivity index (χ2n) is 4.55. The van der Waals surface area contributed by atoms with Gasteiger partial charge in [0, 0.05) is 5.56 Å². The van der Waals surface area contributed by atoms with Crippen LogP contribution in [0.5, 0.6) is 0 Å². The van der Waals surface area contributed by atoms with Crippen molar-refractivity contribution in [2.24, 2.45) is 0 Å². The van der Waals surface area contributed by atoms with Crippen molar-refractivity contribution >= 4 is 23.2 Å². The lowest BCUT2D eigenvalue weighted by molar-refractivity contribution is 0.0458. The molecule has 102 valence electrons. The third kappa shape index (κ3) is 6.03. The van der Waals surface area contributed by atoms with E-state index in [4.69, 9.17) is 27.9 Å². The maximum atomic E-state index is 5.98. The highest BCUT2D eigenvalue weighted by Gasteiger charge is 2.06. The van der Waals surface area contributed by atoms with Crippen LogP contribution in [0.15, 0.2) is 12.1 Å². The van der Waals surface area contributed by atoms with E-state index in [2.05, 4.69) is 18.8 Å². The summed E-state index contributed by atoms with van der Waals surface area (Å²) in [6.07, 6.45) is 6.43. The second-order valence-corrected chi connectivity index (χ2v) is 5.30. The molecule has 1 atom stereocenters. The zero-order chi connectivity index (χ0) is 13.4. The number of ether oxygens (including phenoxy) is 1. The molecule has 1 heterocycles. The minimum atomic E-state index is 0.258. The zero-order valence-corrected chi connectivity index (χ0v) is 12.6. The van der Waals surface area contributed by atoms with Crippen molar-refractivity contribution in [3.05, 3.63) is 28.0 Å². The first-order chi connectivity index (χ1) is 8.63. The van der Waals surface area contributed by atoms with E-state index in [0.29, 0.717) is 16.9 Å². The highest BCUT2D eigenvalue weighted by molar-refractivity contribution is 6.32. The van der Waals surface area contributed by atoms with E-state index < -0.39 is 0 Å². The van der Waals surface area contributed by atoms with Crippen LogP contribution in [0.2, 0.25) is 10.3 Å². The molecule has 0 fully saturated rings. The van der Waals surface area contributed by atoms with Crippen molar-refractivity contribution in [1.82, 2.24) is 4.98 Å². The minimum Gasteiger partial charge on any atom is -0.374 e. The van der Waals surface area contributed by atoms with Crippen LogP contribution < -0.4 is 0 Å². The SMILES string of the molecule is CCCCCCC(C)OCc1ccc(Cl)nc1Cl. The van der Waals surface area contributed by atoms with Crippen LogP contribution in [0.3, 0.4) is 0 Å². The number of nitrogens with zero attached hydrogens (tertiary/aromatic N) is 1. The average Bonchev–Trinajstić information content (AvgIpc) is 2.33. The van der Waals surface area contributed by atoms with Gasteiger partial charge in [0.1, 0.15) is 10.3 Å². The Morgan fingerprint density at radius 2 is 2.00 bits per heavy atom. The van der Waals surface area contributed by atoms with Crippen LogP contribution in [0, 0.1) is 0 Å². The molecular weight excluding hydrogens is 269 g/mol. The van der Waals surface area contributed by atoms with Gasteiger partial charge in [-0.25, -0.2) is 4.98 Å². The van der Waals surface area contributed by atoms with Gasteiger partial charge in [0.25, 0.3) is 0 Å². The summed E-state index contributed by atoms with van der Waals surface area (Å²) in [5.41, 5.74) is 0.890. The summed E-state index contributed by atoms with van der Waals surface area (Å²) in [5, 5.41) is 0.844. The molecule has 0 aliphatic heterocycles. The predicted molar refractivity (Wildman–Crippen MR) is 77.3 cm³/mol. The van der Waals surface area contributed by atoms with Gasteiger partial charge in [-0.3, -0.25) is 0 Å². The Balaban J connectivity index is 2.27. The van der Waals surface area contributed by atoms with Gasteiger partial charge in [-0.05, 0) is 19.4 Å². The monoisotopic (exact) mass is 289 g/mol. The molecule has 18 heavy (non-hydrogen) atoms. The molecule has 0 N–H and O–H groups in total. The Bertz CT molecular complexity index is 358. The van der Waals surface area contributed by atoms with Crippen molar-refractivity contribution in [3.63, 3.8) is 0 Å². The van der Waals surface area contributed by atoms with Gasteiger partial charge in [-0.15, -0.1) is 0 Å². The Labute approximate surface area is 120 Å². The summed E-state index contributed by atoms with van der Waals surface area (Å²) in [6, 6.07) is 3.60. The molecule has 0 amide bonds. The molecule has 0 bridgehead atoms. The topological polar surface area (TPSA) is 22.1 Å². The zero-order valence-electron chi connectivity index (χ0n) is 11.1. The van der Waals surface area contributed by atoms with Gasteiger partial charge >= 0.3 is 0 Å². The van der Waals surface area contributed by atoms with E-state index in [1.165, 1.54) is 25.7 Å². The fraction of sp³-hybridized carbons (Fsp3) is 0.643. The van der Waals surface area contributed by atoms with E-state index in [-0.39, 0.29) is 6.10 Å².